The Kier molecular flexibility index (Phi) is 5.70. The first-order valence-electron chi connectivity index (χ1n) is 6.55. The standard InChI is InChI=1S/C14H16F2N4O2/c1-17-14(19-9-11-6-7-21-20-11)18-8-10-4-2-3-5-12(10)22-13(15)16/h2-7,13H,8-9H2,1H3,(H2,17,18,19). The van der Waals surface area contributed by atoms with E-state index in [0.29, 0.717) is 24.6 Å². The highest BCUT2D eigenvalue weighted by atomic mass is 19.3. The number of aromatic nitrogens is 1. The molecule has 8 heteroatoms. The molecule has 0 unspecified atom stereocenters. The highest BCUT2D eigenvalue weighted by Gasteiger charge is 2.09. The molecule has 1 heterocycles. The molecule has 0 atom stereocenters. The minimum atomic E-state index is -2.86. The fourth-order valence-electron chi connectivity index (χ4n) is 1.76. The first-order chi connectivity index (χ1) is 10.7. The average molecular weight is 310 g/mol. The Bertz CT molecular complexity index is 603. The van der Waals surface area contributed by atoms with E-state index in [1.807, 2.05) is 0 Å². The maximum Gasteiger partial charge on any atom is 0.387 e. The molecule has 1 aromatic heterocycles. The highest BCUT2D eigenvalue weighted by Crippen LogP contribution is 2.19. The number of aliphatic imine (C=N–C) groups is 1. The van der Waals surface area contributed by atoms with Crippen LogP contribution in [0.2, 0.25) is 0 Å². The minimum Gasteiger partial charge on any atom is -0.434 e. The second kappa shape index (κ2) is 7.96. The fraction of sp³-hybridized carbons (Fsp3) is 0.286. The molecule has 2 N–H and O–H groups in total. The minimum absolute atomic E-state index is 0.136. The largest absolute Gasteiger partial charge is 0.434 e. The topological polar surface area (TPSA) is 71.7 Å². The van der Waals surface area contributed by atoms with Crippen LogP contribution in [0.5, 0.6) is 5.75 Å². The molecule has 0 aliphatic carbocycles. The Hall–Kier alpha value is -2.64. The Labute approximate surface area is 126 Å². The van der Waals surface area contributed by atoms with Crippen molar-refractivity contribution in [3.8, 4) is 5.75 Å². The van der Waals surface area contributed by atoms with Gasteiger partial charge in [-0.15, -0.1) is 0 Å². The van der Waals surface area contributed by atoms with E-state index in [4.69, 9.17) is 4.52 Å². The van der Waals surface area contributed by atoms with Gasteiger partial charge in [0.15, 0.2) is 5.96 Å². The van der Waals surface area contributed by atoms with Gasteiger partial charge in [-0.1, -0.05) is 23.4 Å². The third-order valence-electron chi connectivity index (χ3n) is 2.79. The number of rotatable bonds is 6. The summed E-state index contributed by atoms with van der Waals surface area (Å²) in [6.45, 7) is -2.13. The van der Waals surface area contributed by atoms with E-state index in [1.165, 1.54) is 12.3 Å². The van der Waals surface area contributed by atoms with E-state index in [9.17, 15) is 8.78 Å². The van der Waals surface area contributed by atoms with E-state index in [0.717, 1.165) is 5.69 Å². The van der Waals surface area contributed by atoms with Crippen LogP contribution in [0.25, 0.3) is 0 Å². The van der Waals surface area contributed by atoms with Crippen LogP contribution in [0.4, 0.5) is 8.78 Å². The second-order valence-corrected chi connectivity index (χ2v) is 4.26. The Morgan fingerprint density at radius 3 is 2.73 bits per heavy atom. The monoisotopic (exact) mass is 310 g/mol. The molecule has 118 valence electrons. The van der Waals surface area contributed by atoms with E-state index in [-0.39, 0.29) is 5.75 Å². The van der Waals surface area contributed by atoms with Crippen molar-refractivity contribution >= 4 is 5.96 Å². The molecule has 2 aromatic rings. The summed E-state index contributed by atoms with van der Waals surface area (Å²) in [5, 5.41) is 9.81. The molecule has 1 aromatic carbocycles. The average Bonchev–Trinajstić information content (AvgIpc) is 3.01. The number of para-hydroxylation sites is 1. The summed E-state index contributed by atoms with van der Waals surface area (Å²) in [5.41, 5.74) is 1.33. The van der Waals surface area contributed by atoms with Gasteiger partial charge in [-0.2, -0.15) is 8.78 Å². The molecule has 0 radical (unpaired) electrons. The van der Waals surface area contributed by atoms with Gasteiger partial charge in [-0.25, -0.2) is 0 Å². The zero-order valence-electron chi connectivity index (χ0n) is 11.9. The van der Waals surface area contributed by atoms with Gasteiger partial charge in [-0.3, -0.25) is 4.99 Å². The maximum atomic E-state index is 12.3. The van der Waals surface area contributed by atoms with E-state index in [1.54, 1.807) is 31.3 Å². The molecule has 0 amide bonds. The summed E-state index contributed by atoms with van der Waals surface area (Å²) < 4.78 is 33.9. The third-order valence-corrected chi connectivity index (χ3v) is 2.79. The number of hydrogen-bond acceptors (Lipinski definition) is 4. The fourth-order valence-corrected chi connectivity index (χ4v) is 1.76. The van der Waals surface area contributed by atoms with E-state index < -0.39 is 6.61 Å². The lowest BCUT2D eigenvalue weighted by atomic mass is 10.2. The van der Waals surface area contributed by atoms with E-state index in [2.05, 4.69) is 25.5 Å². The van der Waals surface area contributed by atoms with Gasteiger partial charge in [-0.05, 0) is 6.07 Å². The molecule has 6 nitrogen and oxygen atoms in total. The summed E-state index contributed by atoms with van der Waals surface area (Å²) in [5.74, 6) is 0.645. The zero-order chi connectivity index (χ0) is 15.8. The number of nitrogens with zero attached hydrogens (tertiary/aromatic N) is 2. The molecule has 0 bridgehead atoms. The van der Waals surface area contributed by atoms with Crippen LogP contribution in [-0.2, 0) is 13.1 Å². The molecule has 0 saturated carbocycles. The predicted octanol–water partition coefficient (Wildman–Crippen LogP) is 2.14. The molecule has 0 spiro atoms. The quantitative estimate of drug-likeness (QED) is 0.632. The molecule has 0 aliphatic rings. The van der Waals surface area contributed by atoms with Crippen molar-refractivity contribution in [3.63, 3.8) is 0 Å². The van der Waals surface area contributed by atoms with Crippen LogP contribution in [0.1, 0.15) is 11.3 Å². The van der Waals surface area contributed by atoms with Crippen molar-refractivity contribution in [2.45, 2.75) is 19.7 Å². The third kappa shape index (κ3) is 4.72. The van der Waals surface area contributed by atoms with Crippen LogP contribution in [0.3, 0.4) is 0 Å². The van der Waals surface area contributed by atoms with Gasteiger partial charge in [0.25, 0.3) is 0 Å². The summed E-state index contributed by atoms with van der Waals surface area (Å²) in [4.78, 5) is 4.04. The van der Waals surface area contributed by atoms with Crippen molar-refractivity contribution in [2.75, 3.05) is 7.05 Å². The predicted molar refractivity (Wildman–Crippen MR) is 76.6 cm³/mol. The van der Waals surface area contributed by atoms with E-state index >= 15 is 0 Å². The van der Waals surface area contributed by atoms with Gasteiger partial charge in [0.05, 0.1) is 6.54 Å². The lowest BCUT2D eigenvalue weighted by Crippen LogP contribution is -2.36. The van der Waals surface area contributed by atoms with Gasteiger partial charge >= 0.3 is 6.61 Å². The number of hydrogen-bond donors (Lipinski definition) is 2. The van der Waals surface area contributed by atoms with Gasteiger partial charge in [0.2, 0.25) is 0 Å². The van der Waals surface area contributed by atoms with Crippen molar-refractivity contribution in [3.05, 3.63) is 47.9 Å². The number of halogens is 2. The number of guanidine groups is 1. The van der Waals surface area contributed by atoms with Crippen LogP contribution in [-0.4, -0.2) is 24.8 Å². The number of nitrogens with one attached hydrogen (secondary N) is 2. The highest BCUT2D eigenvalue weighted by molar-refractivity contribution is 5.79. The number of ether oxygens (including phenoxy) is 1. The first-order valence-corrected chi connectivity index (χ1v) is 6.55. The molecule has 0 fully saturated rings. The van der Waals surface area contributed by atoms with Crippen LogP contribution in [0, 0.1) is 0 Å². The second-order valence-electron chi connectivity index (χ2n) is 4.26. The normalized spacial score (nSPS) is 11.5. The SMILES string of the molecule is CN=C(NCc1ccon1)NCc1ccccc1OC(F)F. The molecular formula is C14H16F2N4O2. The van der Waals surface area contributed by atoms with Crippen molar-refractivity contribution < 1.29 is 18.0 Å². The van der Waals surface area contributed by atoms with Gasteiger partial charge in [0.1, 0.15) is 17.7 Å². The first kappa shape index (κ1) is 15.7. The molecular weight excluding hydrogens is 294 g/mol. The lowest BCUT2D eigenvalue weighted by molar-refractivity contribution is -0.0504. The molecule has 0 saturated heterocycles. The molecule has 22 heavy (non-hydrogen) atoms. The Balaban J connectivity index is 1.90. The van der Waals surface area contributed by atoms with Gasteiger partial charge in [0, 0.05) is 25.2 Å². The lowest BCUT2D eigenvalue weighted by Gasteiger charge is -2.13. The van der Waals surface area contributed by atoms with Crippen LogP contribution < -0.4 is 15.4 Å². The zero-order valence-corrected chi connectivity index (χ0v) is 11.9. The molecule has 0 aliphatic heterocycles. The van der Waals surface area contributed by atoms with Crippen molar-refractivity contribution in [1.82, 2.24) is 15.8 Å². The summed E-state index contributed by atoms with van der Waals surface area (Å²) in [6.07, 6.45) is 1.48. The number of benzene rings is 1. The van der Waals surface area contributed by atoms with Gasteiger partial charge < -0.3 is 19.9 Å². The van der Waals surface area contributed by atoms with Crippen molar-refractivity contribution in [2.24, 2.45) is 4.99 Å². The number of alkyl halides is 2. The van der Waals surface area contributed by atoms with Crippen LogP contribution in [0.15, 0.2) is 46.1 Å². The summed E-state index contributed by atoms with van der Waals surface area (Å²) >= 11 is 0. The van der Waals surface area contributed by atoms with Crippen molar-refractivity contribution in [1.29, 1.82) is 0 Å². The Morgan fingerprint density at radius 2 is 2.05 bits per heavy atom. The Morgan fingerprint density at radius 1 is 1.27 bits per heavy atom. The maximum absolute atomic E-state index is 12.3. The molecule has 2 rings (SSSR count). The summed E-state index contributed by atoms with van der Waals surface area (Å²) in [6, 6.07) is 8.32. The summed E-state index contributed by atoms with van der Waals surface area (Å²) in [7, 11) is 1.61. The van der Waals surface area contributed by atoms with Crippen LogP contribution >= 0.6 is 0 Å². The smallest absolute Gasteiger partial charge is 0.387 e.